The highest BCUT2D eigenvalue weighted by Crippen LogP contribution is 2.33. The van der Waals surface area contributed by atoms with Crippen molar-refractivity contribution in [2.24, 2.45) is 0 Å². The standard InChI is InChI=1S/C23H17NO/c1-16(25)18-11-12-21(23-8-4-5-13-24-23)22(15-18)20-10-9-17-6-2-3-7-19(17)14-20/h2-15H,1H3. The zero-order valence-corrected chi connectivity index (χ0v) is 13.9. The van der Waals surface area contributed by atoms with Crippen LogP contribution in [0.1, 0.15) is 17.3 Å². The molecule has 0 aliphatic heterocycles. The second kappa shape index (κ2) is 6.33. The van der Waals surface area contributed by atoms with Crippen LogP contribution in [-0.2, 0) is 0 Å². The molecule has 0 spiro atoms. The number of aromatic nitrogens is 1. The Hall–Kier alpha value is -3.26. The highest BCUT2D eigenvalue weighted by atomic mass is 16.1. The van der Waals surface area contributed by atoms with Crippen LogP contribution in [0.25, 0.3) is 33.2 Å². The van der Waals surface area contributed by atoms with Gasteiger partial charge in [0.2, 0.25) is 0 Å². The van der Waals surface area contributed by atoms with Crippen molar-refractivity contribution in [1.82, 2.24) is 4.98 Å². The van der Waals surface area contributed by atoms with E-state index in [0.717, 1.165) is 22.4 Å². The predicted molar refractivity (Wildman–Crippen MR) is 103 cm³/mol. The van der Waals surface area contributed by atoms with E-state index in [1.54, 1.807) is 13.1 Å². The number of carbonyl (C=O) groups excluding carboxylic acids is 1. The molecule has 0 N–H and O–H groups in total. The predicted octanol–water partition coefficient (Wildman–Crippen LogP) is 5.77. The average molecular weight is 323 g/mol. The topological polar surface area (TPSA) is 30.0 Å². The molecular weight excluding hydrogens is 306 g/mol. The van der Waals surface area contributed by atoms with Gasteiger partial charge in [0.05, 0.1) is 5.69 Å². The first-order valence-corrected chi connectivity index (χ1v) is 8.28. The molecule has 0 aliphatic rings. The number of benzene rings is 3. The lowest BCUT2D eigenvalue weighted by Crippen LogP contribution is -1.95. The molecule has 0 saturated carbocycles. The van der Waals surface area contributed by atoms with E-state index < -0.39 is 0 Å². The Morgan fingerprint density at radius 2 is 1.56 bits per heavy atom. The van der Waals surface area contributed by atoms with Crippen LogP contribution in [0.3, 0.4) is 0 Å². The fourth-order valence-corrected chi connectivity index (χ4v) is 3.10. The fraction of sp³-hybridized carbons (Fsp3) is 0.0435. The van der Waals surface area contributed by atoms with E-state index in [0.29, 0.717) is 5.56 Å². The average Bonchev–Trinajstić information content (AvgIpc) is 2.68. The van der Waals surface area contributed by atoms with Crippen molar-refractivity contribution in [2.75, 3.05) is 0 Å². The normalized spacial score (nSPS) is 10.8. The van der Waals surface area contributed by atoms with E-state index in [4.69, 9.17) is 0 Å². The van der Waals surface area contributed by atoms with Crippen LogP contribution in [0.15, 0.2) is 85.1 Å². The van der Waals surface area contributed by atoms with Gasteiger partial charge in [-0.3, -0.25) is 9.78 Å². The van der Waals surface area contributed by atoms with Gasteiger partial charge in [-0.15, -0.1) is 0 Å². The van der Waals surface area contributed by atoms with Gasteiger partial charge < -0.3 is 0 Å². The lowest BCUT2D eigenvalue weighted by Gasteiger charge is -2.12. The van der Waals surface area contributed by atoms with E-state index >= 15 is 0 Å². The largest absolute Gasteiger partial charge is 0.295 e. The summed E-state index contributed by atoms with van der Waals surface area (Å²) < 4.78 is 0. The van der Waals surface area contributed by atoms with E-state index in [1.165, 1.54) is 10.8 Å². The summed E-state index contributed by atoms with van der Waals surface area (Å²) in [4.78, 5) is 16.4. The second-order valence-corrected chi connectivity index (χ2v) is 6.09. The number of fused-ring (bicyclic) bond motifs is 1. The quantitative estimate of drug-likeness (QED) is 0.448. The molecule has 1 aromatic heterocycles. The number of Topliss-reactive ketones (excluding diaryl/α,β-unsaturated/α-hetero) is 1. The van der Waals surface area contributed by atoms with Crippen molar-refractivity contribution in [3.05, 3.63) is 90.6 Å². The molecule has 3 aromatic carbocycles. The molecule has 2 nitrogen and oxygen atoms in total. The summed E-state index contributed by atoms with van der Waals surface area (Å²) in [7, 11) is 0. The first-order valence-electron chi connectivity index (χ1n) is 8.28. The number of hydrogen-bond donors (Lipinski definition) is 0. The maximum atomic E-state index is 11.9. The SMILES string of the molecule is CC(=O)c1ccc(-c2ccccn2)c(-c2ccc3ccccc3c2)c1. The number of nitrogens with zero attached hydrogens (tertiary/aromatic N) is 1. The van der Waals surface area contributed by atoms with Crippen LogP contribution in [0.2, 0.25) is 0 Å². The molecule has 0 radical (unpaired) electrons. The lowest BCUT2D eigenvalue weighted by molar-refractivity contribution is 0.101. The lowest BCUT2D eigenvalue weighted by atomic mass is 9.93. The van der Waals surface area contributed by atoms with Crippen molar-refractivity contribution in [2.45, 2.75) is 6.92 Å². The van der Waals surface area contributed by atoms with Gasteiger partial charge in [-0.1, -0.05) is 54.6 Å². The van der Waals surface area contributed by atoms with E-state index in [2.05, 4.69) is 35.3 Å². The molecule has 120 valence electrons. The zero-order valence-electron chi connectivity index (χ0n) is 13.9. The van der Waals surface area contributed by atoms with Crippen LogP contribution in [0.5, 0.6) is 0 Å². The molecule has 0 aliphatic carbocycles. The molecule has 4 rings (SSSR count). The van der Waals surface area contributed by atoms with Gasteiger partial charge in [-0.2, -0.15) is 0 Å². The molecule has 0 fully saturated rings. The Morgan fingerprint density at radius 1 is 0.760 bits per heavy atom. The molecular formula is C23H17NO. The van der Waals surface area contributed by atoms with Gasteiger partial charge in [-0.05, 0) is 53.1 Å². The Morgan fingerprint density at radius 3 is 2.32 bits per heavy atom. The van der Waals surface area contributed by atoms with Crippen molar-refractivity contribution < 1.29 is 4.79 Å². The van der Waals surface area contributed by atoms with Crippen LogP contribution >= 0.6 is 0 Å². The van der Waals surface area contributed by atoms with Crippen LogP contribution in [0, 0.1) is 0 Å². The summed E-state index contributed by atoms with van der Waals surface area (Å²) in [6.45, 7) is 1.60. The van der Waals surface area contributed by atoms with Crippen LogP contribution in [0.4, 0.5) is 0 Å². The van der Waals surface area contributed by atoms with Crippen molar-refractivity contribution in [1.29, 1.82) is 0 Å². The molecule has 0 unspecified atom stereocenters. The Balaban J connectivity index is 1.96. The highest BCUT2D eigenvalue weighted by molar-refractivity contribution is 5.98. The van der Waals surface area contributed by atoms with E-state index in [9.17, 15) is 4.79 Å². The third kappa shape index (κ3) is 2.94. The first-order chi connectivity index (χ1) is 12.2. The molecule has 0 amide bonds. The molecule has 4 aromatic rings. The number of rotatable bonds is 3. The van der Waals surface area contributed by atoms with Gasteiger partial charge in [0.25, 0.3) is 0 Å². The molecule has 2 heteroatoms. The van der Waals surface area contributed by atoms with Gasteiger partial charge in [-0.25, -0.2) is 0 Å². The molecule has 0 saturated heterocycles. The Kier molecular flexibility index (Phi) is 3.87. The van der Waals surface area contributed by atoms with Crippen LogP contribution in [-0.4, -0.2) is 10.8 Å². The maximum absolute atomic E-state index is 11.9. The third-order valence-electron chi connectivity index (χ3n) is 4.43. The highest BCUT2D eigenvalue weighted by Gasteiger charge is 2.12. The zero-order chi connectivity index (χ0) is 17.2. The molecule has 25 heavy (non-hydrogen) atoms. The smallest absolute Gasteiger partial charge is 0.159 e. The van der Waals surface area contributed by atoms with Gasteiger partial charge in [0, 0.05) is 17.3 Å². The summed E-state index contributed by atoms with van der Waals surface area (Å²) in [5.74, 6) is 0.0645. The monoisotopic (exact) mass is 323 g/mol. The maximum Gasteiger partial charge on any atom is 0.159 e. The molecule has 0 atom stereocenters. The van der Waals surface area contributed by atoms with Crippen molar-refractivity contribution in [3.63, 3.8) is 0 Å². The summed E-state index contributed by atoms with van der Waals surface area (Å²) in [5, 5.41) is 2.38. The number of pyridine rings is 1. The first kappa shape index (κ1) is 15.3. The number of ketones is 1. The summed E-state index contributed by atoms with van der Waals surface area (Å²) in [5.41, 5.74) is 4.75. The minimum Gasteiger partial charge on any atom is -0.295 e. The minimum absolute atomic E-state index is 0.0645. The number of carbonyl (C=O) groups is 1. The van der Waals surface area contributed by atoms with Crippen LogP contribution < -0.4 is 0 Å². The molecule has 1 heterocycles. The Labute approximate surface area is 146 Å². The van der Waals surface area contributed by atoms with Gasteiger partial charge in [0.1, 0.15) is 0 Å². The van der Waals surface area contributed by atoms with Crippen molar-refractivity contribution >= 4 is 16.6 Å². The van der Waals surface area contributed by atoms with Gasteiger partial charge in [0.15, 0.2) is 5.78 Å². The van der Waals surface area contributed by atoms with Crippen molar-refractivity contribution in [3.8, 4) is 22.4 Å². The fourth-order valence-electron chi connectivity index (χ4n) is 3.10. The number of hydrogen-bond acceptors (Lipinski definition) is 2. The van der Waals surface area contributed by atoms with Gasteiger partial charge >= 0.3 is 0 Å². The third-order valence-corrected chi connectivity index (χ3v) is 4.43. The summed E-state index contributed by atoms with van der Waals surface area (Å²) >= 11 is 0. The second-order valence-electron chi connectivity index (χ2n) is 6.09. The Bertz CT molecular complexity index is 1070. The van der Waals surface area contributed by atoms with E-state index in [1.807, 2.05) is 48.5 Å². The minimum atomic E-state index is 0.0645. The van der Waals surface area contributed by atoms with E-state index in [-0.39, 0.29) is 5.78 Å². The molecule has 0 bridgehead atoms. The summed E-state index contributed by atoms with van der Waals surface area (Å²) in [6.07, 6.45) is 1.79. The summed E-state index contributed by atoms with van der Waals surface area (Å²) in [6, 6.07) is 26.4.